The van der Waals surface area contributed by atoms with Gasteiger partial charge in [0.25, 0.3) is 0 Å². The van der Waals surface area contributed by atoms with Gasteiger partial charge in [0, 0.05) is 13.2 Å². The normalized spacial score (nSPS) is 15.4. The summed E-state index contributed by atoms with van der Waals surface area (Å²) in [4.78, 5) is 0. The fourth-order valence-corrected chi connectivity index (χ4v) is 1.45. The Hall–Kier alpha value is -0.340. The highest BCUT2D eigenvalue weighted by atomic mass is 16.5. The maximum absolute atomic E-state index is 5.24. The Balaban J connectivity index is 3.85. The van der Waals surface area contributed by atoms with Gasteiger partial charge in [-0.15, -0.1) is 6.58 Å². The highest BCUT2D eigenvalue weighted by molar-refractivity contribution is 4.93. The van der Waals surface area contributed by atoms with E-state index >= 15 is 0 Å². The van der Waals surface area contributed by atoms with Gasteiger partial charge < -0.3 is 10.1 Å². The topological polar surface area (TPSA) is 21.3 Å². The monoisotopic (exact) mass is 185 g/mol. The average molecular weight is 185 g/mol. The number of methoxy groups -OCH3 is 1. The molecule has 0 radical (unpaired) electrons. The Morgan fingerprint density at radius 1 is 1.54 bits per heavy atom. The third kappa shape index (κ3) is 6.79. The Labute approximate surface area is 82.4 Å². The van der Waals surface area contributed by atoms with Crippen LogP contribution in [0.5, 0.6) is 0 Å². The van der Waals surface area contributed by atoms with E-state index in [1.807, 2.05) is 0 Å². The Bertz CT molecular complexity index is 145. The van der Waals surface area contributed by atoms with E-state index in [-0.39, 0.29) is 0 Å². The molecule has 78 valence electrons. The minimum absolute atomic E-state index is 0.323. The minimum Gasteiger partial charge on any atom is -0.382 e. The summed E-state index contributed by atoms with van der Waals surface area (Å²) in [5, 5.41) is 3.44. The summed E-state index contributed by atoms with van der Waals surface area (Å²) >= 11 is 0. The van der Waals surface area contributed by atoms with Gasteiger partial charge in [-0.3, -0.25) is 0 Å². The minimum atomic E-state index is 0.323. The third-order valence-corrected chi connectivity index (χ3v) is 2.11. The van der Waals surface area contributed by atoms with Gasteiger partial charge in [0.15, 0.2) is 0 Å². The number of ether oxygens (including phenoxy) is 1. The fourth-order valence-electron chi connectivity index (χ4n) is 1.45. The van der Waals surface area contributed by atoms with Crippen molar-refractivity contribution < 1.29 is 4.74 Å². The lowest BCUT2D eigenvalue weighted by Gasteiger charge is -2.21. The molecule has 0 amide bonds. The highest BCUT2D eigenvalue weighted by Gasteiger charge is 2.11. The summed E-state index contributed by atoms with van der Waals surface area (Å²) in [6.45, 7) is 11.2. The van der Waals surface area contributed by atoms with E-state index in [0.29, 0.717) is 12.1 Å². The van der Waals surface area contributed by atoms with Crippen LogP contribution in [0.3, 0.4) is 0 Å². The molecule has 0 heterocycles. The van der Waals surface area contributed by atoms with Crippen LogP contribution >= 0.6 is 0 Å². The molecule has 0 rings (SSSR count). The van der Waals surface area contributed by atoms with Crippen molar-refractivity contribution in [1.82, 2.24) is 5.32 Å². The number of rotatable bonds is 7. The highest BCUT2D eigenvalue weighted by Crippen LogP contribution is 2.09. The van der Waals surface area contributed by atoms with Crippen LogP contribution in [0.25, 0.3) is 0 Å². The molecule has 0 aromatic heterocycles. The molecule has 0 aliphatic heterocycles. The molecule has 0 saturated carbocycles. The largest absolute Gasteiger partial charge is 0.382 e. The maximum atomic E-state index is 5.24. The molecular formula is C11H23NO. The van der Waals surface area contributed by atoms with Crippen LogP contribution in [-0.4, -0.2) is 25.8 Å². The summed E-state index contributed by atoms with van der Waals surface area (Å²) in [5.74, 6) is 0. The summed E-state index contributed by atoms with van der Waals surface area (Å²) < 4.78 is 5.24. The van der Waals surface area contributed by atoms with E-state index in [1.165, 1.54) is 5.57 Å². The van der Waals surface area contributed by atoms with Crippen molar-refractivity contribution in [2.45, 2.75) is 45.8 Å². The molecule has 0 spiro atoms. The predicted molar refractivity (Wildman–Crippen MR) is 58.0 cm³/mol. The van der Waals surface area contributed by atoms with Crippen molar-refractivity contribution >= 4 is 0 Å². The number of nitrogens with one attached hydrogen (secondary N) is 1. The molecule has 1 N–H and O–H groups in total. The zero-order valence-corrected chi connectivity index (χ0v) is 9.39. The van der Waals surface area contributed by atoms with Crippen molar-refractivity contribution in [2.75, 3.05) is 13.7 Å². The van der Waals surface area contributed by atoms with Gasteiger partial charge in [0.2, 0.25) is 0 Å². The fraction of sp³-hybridized carbons (Fsp3) is 0.818. The first-order valence-electron chi connectivity index (χ1n) is 5.00. The quantitative estimate of drug-likeness (QED) is 0.615. The second-order valence-electron chi connectivity index (χ2n) is 3.70. The van der Waals surface area contributed by atoms with Crippen LogP contribution in [0, 0.1) is 0 Å². The lowest BCUT2D eigenvalue weighted by Crippen LogP contribution is -2.32. The van der Waals surface area contributed by atoms with Gasteiger partial charge in [-0.25, -0.2) is 0 Å². The second-order valence-corrected chi connectivity index (χ2v) is 3.70. The van der Waals surface area contributed by atoms with Crippen LogP contribution < -0.4 is 5.32 Å². The lowest BCUT2D eigenvalue weighted by atomic mass is 10.0. The molecular weight excluding hydrogens is 162 g/mol. The van der Waals surface area contributed by atoms with E-state index in [2.05, 4.69) is 32.7 Å². The van der Waals surface area contributed by atoms with Gasteiger partial charge >= 0.3 is 0 Å². The molecule has 0 fully saturated rings. The first-order chi connectivity index (χ1) is 6.10. The molecule has 0 aromatic rings. The molecule has 2 atom stereocenters. The van der Waals surface area contributed by atoms with Gasteiger partial charge in [0.05, 0.1) is 6.10 Å². The number of hydrogen-bond donors (Lipinski definition) is 1. The molecule has 0 aliphatic carbocycles. The van der Waals surface area contributed by atoms with Crippen molar-refractivity contribution in [3.63, 3.8) is 0 Å². The first kappa shape index (κ1) is 12.7. The lowest BCUT2D eigenvalue weighted by molar-refractivity contribution is 0.101. The molecule has 2 heteroatoms. The second kappa shape index (κ2) is 7.10. The molecule has 0 bridgehead atoms. The van der Waals surface area contributed by atoms with E-state index in [1.54, 1.807) is 7.11 Å². The van der Waals surface area contributed by atoms with Crippen molar-refractivity contribution in [3.05, 3.63) is 12.2 Å². The van der Waals surface area contributed by atoms with E-state index in [0.717, 1.165) is 19.4 Å². The Morgan fingerprint density at radius 2 is 2.15 bits per heavy atom. The molecule has 13 heavy (non-hydrogen) atoms. The summed E-state index contributed by atoms with van der Waals surface area (Å²) in [6.07, 6.45) is 2.42. The standard InChI is InChI=1S/C11H23NO/c1-6-12-11(7-9(2)3)8-10(4)13-5/h10-12H,2,6-8H2,1,3-5H3. The van der Waals surface area contributed by atoms with Crippen LogP contribution in [-0.2, 0) is 4.74 Å². The van der Waals surface area contributed by atoms with Gasteiger partial charge in [-0.05, 0) is 33.2 Å². The van der Waals surface area contributed by atoms with Gasteiger partial charge in [-0.1, -0.05) is 12.5 Å². The summed E-state index contributed by atoms with van der Waals surface area (Å²) in [6, 6.07) is 0.512. The molecule has 0 aromatic carbocycles. The van der Waals surface area contributed by atoms with Crippen LogP contribution in [0.2, 0.25) is 0 Å². The van der Waals surface area contributed by atoms with E-state index in [9.17, 15) is 0 Å². The van der Waals surface area contributed by atoms with Crippen LogP contribution in [0.4, 0.5) is 0 Å². The Kier molecular flexibility index (Phi) is 6.92. The molecule has 2 unspecified atom stereocenters. The first-order valence-corrected chi connectivity index (χ1v) is 5.00. The smallest absolute Gasteiger partial charge is 0.0558 e. The Morgan fingerprint density at radius 3 is 2.54 bits per heavy atom. The number of hydrogen-bond acceptors (Lipinski definition) is 2. The van der Waals surface area contributed by atoms with Gasteiger partial charge in [-0.2, -0.15) is 0 Å². The van der Waals surface area contributed by atoms with Crippen molar-refractivity contribution in [2.24, 2.45) is 0 Å². The third-order valence-electron chi connectivity index (χ3n) is 2.11. The SMILES string of the molecule is C=C(C)CC(CC(C)OC)NCC. The van der Waals surface area contributed by atoms with Gasteiger partial charge in [0.1, 0.15) is 0 Å². The zero-order valence-electron chi connectivity index (χ0n) is 9.39. The molecule has 2 nitrogen and oxygen atoms in total. The maximum Gasteiger partial charge on any atom is 0.0558 e. The summed E-state index contributed by atoms with van der Waals surface area (Å²) in [5.41, 5.74) is 1.23. The summed E-state index contributed by atoms with van der Waals surface area (Å²) in [7, 11) is 1.76. The van der Waals surface area contributed by atoms with Crippen LogP contribution in [0.1, 0.15) is 33.6 Å². The van der Waals surface area contributed by atoms with Crippen molar-refractivity contribution in [3.8, 4) is 0 Å². The van der Waals surface area contributed by atoms with E-state index < -0.39 is 0 Å². The van der Waals surface area contributed by atoms with Crippen LogP contribution in [0.15, 0.2) is 12.2 Å². The average Bonchev–Trinajstić information content (AvgIpc) is 2.03. The molecule has 0 aliphatic rings. The van der Waals surface area contributed by atoms with Crippen molar-refractivity contribution in [1.29, 1.82) is 0 Å². The molecule has 0 saturated heterocycles. The zero-order chi connectivity index (χ0) is 10.3. The predicted octanol–water partition coefficient (Wildman–Crippen LogP) is 2.36. The van der Waals surface area contributed by atoms with E-state index in [4.69, 9.17) is 4.74 Å².